The Morgan fingerprint density at radius 3 is 2.92 bits per heavy atom. The number of hydrogen-bond acceptors (Lipinski definition) is 5. The van der Waals surface area contributed by atoms with Gasteiger partial charge in [0.25, 0.3) is 0 Å². The van der Waals surface area contributed by atoms with E-state index in [0.717, 1.165) is 5.69 Å². The van der Waals surface area contributed by atoms with E-state index in [1.54, 1.807) is 11.3 Å². The molecular formula is C7H9N5S. The fourth-order valence-corrected chi connectivity index (χ4v) is 1.63. The summed E-state index contributed by atoms with van der Waals surface area (Å²) in [7, 11) is 0. The van der Waals surface area contributed by atoms with Crippen LogP contribution in [0.4, 0.5) is 17.6 Å². The summed E-state index contributed by atoms with van der Waals surface area (Å²) in [5.74, 6) is 0.884. The van der Waals surface area contributed by atoms with Crippen molar-refractivity contribution in [3.05, 3.63) is 16.3 Å². The Hall–Kier alpha value is -1.56. The molecule has 68 valence electrons. The number of anilines is 3. The number of nitrogens with one attached hydrogen (secondary N) is 2. The molecule has 5 nitrogen and oxygen atoms in total. The summed E-state index contributed by atoms with van der Waals surface area (Å²) in [6.45, 7) is 2.03. The molecular weight excluding hydrogens is 186 g/mol. The number of thiophene rings is 1. The van der Waals surface area contributed by atoms with E-state index < -0.39 is 0 Å². The van der Waals surface area contributed by atoms with Gasteiger partial charge in [-0.05, 0) is 18.4 Å². The molecule has 0 fully saturated rings. The predicted molar refractivity (Wildman–Crippen MR) is 53.1 cm³/mol. The second-order valence-corrected chi connectivity index (χ2v) is 3.69. The summed E-state index contributed by atoms with van der Waals surface area (Å²) in [5.41, 5.74) is 6.41. The SMILES string of the molecule is Cc1sccc1Nc1nnc(N)[nH]1. The fraction of sp³-hybridized carbons (Fsp3) is 0.143. The largest absolute Gasteiger partial charge is 0.368 e. The molecule has 2 aromatic rings. The Bertz CT molecular complexity index is 404. The molecule has 0 radical (unpaired) electrons. The van der Waals surface area contributed by atoms with Gasteiger partial charge in [0, 0.05) is 4.88 Å². The smallest absolute Gasteiger partial charge is 0.227 e. The average Bonchev–Trinajstić information content (AvgIpc) is 2.64. The topological polar surface area (TPSA) is 79.6 Å². The molecule has 0 saturated heterocycles. The van der Waals surface area contributed by atoms with Gasteiger partial charge in [-0.1, -0.05) is 0 Å². The maximum atomic E-state index is 5.38. The van der Waals surface area contributed by atoms with Crippen LogP contribution in [0, 0.1) is 6.92 Å². The van der Waals surface area contributed by atoms with E-state index in [1.165, 1.54) is 4.88 Å². The first-order chi connectivity index (χ1) is 6.25. The van der Waals surface area contributed by atoms with Crippen molar-refractivity contribution in [2.24, 2.45) is 0 Å². The van der Waals surface area contributed by atoms with Gasteiger partial charge in [-0.25, -0.2) is 0 Å². The number of H-pyrrole nitrogens is 1. The van der Waals surface area contributed by atoms with E-state index in [-0.39, 0.29) is 0 Å². The van der Waals surface area contributed by atoms with Crippen molar-refractivity contribution in [2.75, 3.05) is 11.1 Å². The van der Waals surface area contributed by atoms with Gasteiger partial charge in [-0.3, -0.25) is 4.98 Å². The molecule has 4 N–H and O–H groups in total. The molecule has 0 unspecified atom stereocenters. The molecule has 0 bridgehead atoms. The Labute approximate surface area is 79.0 Å². The van der Waals surface area contributed by atoms with Crippen LogP contribution < -0.4 is 11.1 Å². The van der Waals surface area contributed by atoms with Crippen molar-refractivity contribution in [3.8, 4) is 0 Å². The van der Waals surface area contributed by atoms with Crippen LogP contribution in [-0.4, -0.2) is 15.2 Å². The van der Waals surface area contributed by atoms with E-state index in [2.05, 4.69) is 20.5 Å². The molecule has 0 aliphatic heterocycles. The highest BCUT2D eigenvalue weighted by molar-refractivity contribution is 7.10. The van der Waals surface area contributed by atoms with Crippen LogP contribution in [0.2, 0.25) is 0 Å². The quantitative estimate of drug-likeness (QED) is 0.678. The summed E-state index contributed by atoms with van der Waals surface area (Å²) < 4.78 is 0. The Kier molecular flexibility index (Phi) is 1.90. The summed E-state index contributed by atoms with van der Waals surface area (Å²) in [6.07, 6.45) is 0. The number of aromatic amines is 1. The minimum absolute atomic E-state index is 0.315. The summed E-state index contributed by atoms with van der Waals surface area (Å²) in [4.78, 5) is 3.99. The number of nitrogen functional groups attached to an aromatic ring is 1. The van der Waals surface area contributed by atoms with Gasteiger partial charge in [0.2, 0.25) is 11.9 Å². The van der Waals surface area contributed by atoms with E-state index in [0.29, 0.717) is 11.9 Å². The maximum Gasteiger partial charge on any atom is 0.227 e. The number of nitrogens with two attached hydrogens (primary N) is 1. The number of nitrogens with zero attached hydrogens (tertiary/aromatic N) is 2. The molecule has 6 heteroatoms. The third-order valence-corrected chi connectivity index (χ3v) is 2.46. The van der Waals surface area contributed by atoms with Crippen molar-refractivity contribution in [1.82, 2.24) is 15.2 Å². The molecule has 2 aromatic heterocycles. The van der Waals surface area contributed by atoms with Gasteiger partial charge in [0.05, 0.1) is 5.69 Å². The molecule has 0 aliphatic rings. The van der Waals surface area contributed by atoms with Crippen molar-refractivity contribution < 1.29 is 0 Å². The summed E-state index contributed by atoms with van der Waals surface area (Å²) >= 11 is 1.67. The Balaban J connectivity index is 2.19. The predicted octanol–water partition coefficient (Wildman–Crippen LogP) is 1.50. The normalized spacial score (nSPS) is 10.2. The highest BCUT2D eigenvalue weighted by Crippen LogP contribution is 2.22. The third-order valence-electron chi connectivity index (χ3n) is 1.62. The van der Waals surface area contributed by atoms with Gasteiger partial charge >= 0.3 is 0 Å². The van der Waals surface area contributed by atoms with Gasteiger partial charge in [0.15, 0.2) is 0 Å². The van der Waals surface area contributed by atoms with E-state index in [9.17, 15) is 0 Å². The van der Waals surface area contributed by atoms with Crippen molar-refractivity contribution in [2.45, 2.75) is 6.92 Å². The van der Waals surface area contributed by atoms with Gasteiger partial charge in [-0.2, -0.15) is 0 Å². The molecule has 0 saturated carbocycles. The van der Waals surface area contributed by atoms with Crippen LogP contribution in [0.25, 0.3) is 0 Å². The van der Waals surface area contributed by atoms with Gasteiger partial charge in [-0.15, -0.1) is 21.5 Å². The lowest BCUT2D eigenvalue weighted by atomic mass is 10.4. The first kappa shape index (κ1) is 8.06. The molecule has 2 heterocycles. The summed E-state index contributed by atoms with van der Waals surface area (Å²) in [5, 5.41) is 12.5. The number of aromatic nitrogens is 3. The minimum atomic E-state index is 0.315. The molecule has 0 atom stereocenters. The zero-order chi connectivity index (χ0) is 9.26. The zero-order valence-electron chi connectivity index (χ0n) is 7.03. The first-order valence-corrected chi connectivity index (χ1v) is 4.63. The highest BCUT2D eigenvalue weighted by Gasteiger charge is 2.02. The second-order valence-electron chi connectivity index (χ2n) is 2.57. The highest BCUT2D eigenvalue weighted by atomic mass is 32.1. The second kappa shape index (κ2) is 3.06. The van der Waals surface area contributed by atoms with Crippen LogP contribution >= 0.6 is 11.3 Å². The standard InChI is InChI=1S/C7H9N5S/c1-4-5(2-3-13-4)9-7-10-6(8)11-12-7/h2-3H,1H3,(H4,8,9,10,11,12). The lowest BCUT2D eigenvalue weighted by molar-refractivity contribution is 1.10. The first-order valence-electron chi connectivity index (χ1n) is 3.75. The lowest BCUT2D eigenvalue weighted by Crippen LogP contribution is -1.92. The molecule has 0 spiro atoms. The molecule has 13 heavy (non-hydrogen) atoms. The third kappa shape index (κ3) is 1.62. The van der Waals surface area contributed by atoms with Crippen LogP contribution in [0.5, 0.6) is 0 Å². The number of hydrogen-bond donors (Lipinski definition) is 3. The van der Waals surface area contributed by atoms with E-state index >= 15 is 0 Å². The minimum Gasteiger partial charge on any atom is -0.368 e. The average molecular weight is 195 g/mol. The molecule has 0 aromatic carbocycles. The Morgan fingerprint density at radius 1 is 1.54 bits per heavy atom. The van der Waals surface area contributed by atoms with E-state index in [4.69, 9.17) is 5.73 Å². The monoisotopic (exact) mass is 195 g/mol. The van der Waals surface area contributed by atoms with E-state index in [1.807, 2.05) is 18.4 Å². The van der Waals surface area contributed by atoms with Gasteiger partial charge in [0.1, 0.15) is 0 Å². The van der Waals surface area contributed by atoms with Crippen LogP contribution in [0.15, 0.2) is 11.4 Å². The lowest BCUT2D eigenvalue weighted by Gasteiger charge is -1.98. The number of aryl methyl sites for hydroxylation is 1. The zero-order valence-corrected chi connectivity index (χ0v) is 7.85. The molecule has 0 aliphatic carbocycles. The Morgan fingerprint density at radius 2 is 2.38 bits per heavy atom. The van der Waals surface area contributed by atoms with Crippen molar-refractivity contribution >= 4 is 28.9 Å². The van der Waals surface area contributed by atoms with Crippen LogP contribution in [0.1, 0.15) is 4.88 Å². The van der Waals surface area contributed by atoms with Gasteiger partial charge < -0.3 is 11.1 Å². The molecule has 0 amide bonds. The fourth-order valence-electron chi connectivity index (χ4n) is 0.974. The molecule has 2 rings (SSSR count). The van der Waals surface area contributed by atoms with Crippen molar-refractivity contribution in [1.29, 1.82) is 0 Å². The van der Waals surface area contributed by atoms with Crippen LogP contribution in [-0.2, 0) is 0 Å². The van der Waals surface area contributed by atoms with Crippen LogP contribution in [0.3, 0.4) is 0 Å². The summed E-state index contributed by atoms with van der Waals surface area (Å²) in [6, 6.07) is 1.98. The van der Waals surface area contributed by atoms with Crippen molar-refractivity contribution in [3.63, 3.8) is 0 Å². The number of rotatable bonds is 2. The maximum absolute atomic E-state index is 5.38.